The predicted octanol–water partition coefficient (Wildman–Crippen LogP) is 4.72. The number of benzene rings is 2. The van der Waals surface area contributed by atoms with E-state index in [0.717, 1.165) is 19.6 Å². The molecular formula is C21H24N2S. The largest absolute Gasteiger partial charge is 0.326 e. The summed E-state index contributed by atoms with van der Waals surface area (Å²) in [5.74, 6) is 0. The van der Waals surface area contributed by atoms with Crippen LogP contribution in [0.25, 0.3) is 0 Å². The number of thiophene rings is 1. The summed E-state index contributed by atoms with van der Waals surface area (Å²) in [6.45, 7) is 5.60. The number of nitrogens with two attached hydrogens (primary N) is 1. The van der Waals surface area contributed by atoms with Crippen LogP contribution in [0.3, 0.4) is 0 Å². The van der Waals surface area contributed by atoms with Crippen molar-refractivity contribution in [2.24, 2.45) is 5.73 Å². The highest BCUT2D eigenvalue weighted by molar-refractivity contribution is 7.09. The number of aryl methyl sites for hydroxylation is 1. The fraction of sp³-hybridized carbons (Fsp3) is 0.238. The molecule has 0 bridgehead atoms. The third-order valence-corrected chi connectivity index (χ3v) is 5.01. The minimum Gasteiger partial charge on any atom is -0.326 e. The molecule has 3 aromatic rings. The number of rotatable bonds is 7. The summed E-state index contributed by atoms with van der Waals surface area (Å²) < 4.78 is 0. The summed E-state index contributed by atoms with van der Waals surface area (Å²) in [6, 6.07) is 21.8. The van der Waals surface area contributed by atoms with Crippen molar-refractivity contribution in [3.8, 4) is 0 Å². The standard InChI is InChI=1S/C21H24N2S/c1-17-4-6-19(7-5-17)14-23(16-21-3-2-12-24-21)15-20-10-8-18(13-22)9-11-20/h2-12H,13-16,22H2,1H3. The van der Waals surface area contributed by atoms with Crippen LogP contribution in [0, 0.1) is 6.92 Å². The van der Waals surface area contributed by atoms with Crippen molar-refractivity contribution in [3.63, 3.8) is 0 Å². The first-order chi connectivity index (χ1) is 11.7. The number of hydrogen-bond acceptors (Lipinski definition) is 3. The zero-order valence-electron chi connectivity index (χ0n) is 14.1. The molecule has 3 heteroatoms. The molecule has 0 aliphatic heterocycles. The molecule has 124 valence electrons. The second-order valence-corrected chi connectivity index (χ2v) is 7.26. The Balaban J connectivity index is 1.74. The van der Waals surface area contributed by atoms with Gasteiger partial charge in [0.25, 0.3) is 0 Å². The zero-order chi connectivity index (χ0) is 16.8. The summed E-state index contributed by atoms with van der Waals surface area (Å²) in [5, 5.41) is 2.15. The van der Waals surface area contributed by atoms with Gasteiger partial charge in [-0.1, -0.05) is 60.2 Å². The maximum Gasteiger partial charge on any atom is 0.0335 e. The molecule has 24 heavy (non-hydrogen) atoms. The van der Waals surface area contributed by atoms with E-state index < -0.39 is 0 Å². The lowest BCUT2D eigenvalue weighted by molar-refractivity contribution is 0.250. The Morgan fingerprint density at radius 2 is 1.38 bits per heavy atom. The zero-order valence-corrected chi connectivity index (χ0v) is 14.9. The topological polar surface area (TPSA) is 29.3 Å². The van der Waals surface area contributed by atoms with Gasteiger partial charge in [0.15, 0.2) is 0 Å². The second kappa shape index (κ2) is 8.25. The molecule has 1 heterocycles. The monoisotopic (exact) mass is 336 g/mol. The van der Waals surface area contributed by atoms with Crippen molar-refractivity contribution < 1.29 is 0 Å². The lowest BCUT2D eigenvalue weighted by Crippen LogP contribution is -2.22. The molecule has 2 aromatic carbocycles. The van der Waals surface area contributed by atoms with Crippen molar-refractivity contribution in [3.05, 3.63) is 93.2 Å². The van der Waals surface area contributed by atoms with E-state index in [-0.39, 0.29) is 0 Å². The van der Waals surface area contributed by atoms with Crippen LogP contribution < -0.4 is 5.73 Å². The van der Waals surface area contributed by atoms with Crippen LogP contribution in [0.2, 0.25) is 0 Å². The van der Waals surface area contributed by atoms with Gasteiger partial charge < -0.3 is 5.73 Å². The van der Waals surface area contributed by atoms with Gasteiger partial charge in [0.05, 0.1) is 0 Å². The average Bonchev–Trinajstić information content (AvgIpc) is 3.10. The van der Waals surface area contributed by atoms with Gasteiger partial charge in [-0.15, -0.1) is 11.3 Å². The van der Waals surface area contributed by atoms with Crippen LogP contribution in [0.1, 0.15) is 27.1 Å². The number of hydrogen-bond donors (Lipinski definition) is 1. The molecular weight excluding hydrogens is 312 g/mol. The Kier molecular flexibility index (Phi) is 5.81. The van der Waals surface area contributed by atoms with Gasteiger partial charge in [0.2, 0.25) is 0 Å². The summed E-state index contributed by atoms with van der Waals surface area (Å²) in [4.78, 5) is 3.90. The Morgan fingerprint density at radius 3 is 1.92 bits per heavy atom. The summed E-state index contributed by atoms with van der Waals surface area (Å²) in [6.07, 6.45) is 0. The van der Waals surface area contributed by atoms with Gasteiger partial charge in [-0.2, -0.15) is 0 Å². The first kappa shape index (κ1) is 16.9. The molecule has 0 saturated heterocycles. The molecule has 0 amide bonds. The lowest BCUT2D eigenvalue weighted by atomic mass is 10.1. The molecule has 0 aliphatic carbocycles. The lowest BCUT2D eigenvalue weighted by Gasteiger charge is -2.22. The molecule has 0 spiro atoms. The van der Waals surface area contributed by atoms with Gasteiger partial charge in [0.1, 0.15) is 0 Å². The van der Waals surface area contributed by atoms with Crippen molar-refractivity contribution >= 4 is 11.3 Å². The summed E-state index contributed by atoms with van der Waals surface area (Å²) >= 11 is 1.82. The molecule has 1 aromatic heterocycles. The van der Waals surface area contributed by atoms with Gasteiger partial charge in [-0.25, -0.2) is 0 Å². The van der Waals surface area contributed by atoms with E-state index in [1.165, 1.54) is 27.1 Å². The third-order valence-electron chi connectivity index (χ3n) is 4.15. The molecule has 0 fully saturated rings. The van der Waals surface area contributed by atoms with Crippen molar-refractivity contribution in [1.29, 1.82) is 0 Å². The highest BCUT2D eigenvalue weighted by atomic mass is 32.1. The van der Waals surface area contributed by atoms with E-state index in [1.807, 2.05) is 11.3 Å². The van der Waals surface area contributed by atoms with E-state index in [0.29, 0.717) is 6.54 Å². The van der Waals surface area contributed by atoms with Crippen LogP contribution in [0.15, 0.2) is 66.0 Å². The molecule has 2 N–H and O–H groups in total. The Labute approximate surface area is 148 Å². The molecule has 0 atom stereocenters. The van der Waals surface area contributed by atoms with Crippen LogP contribution in [0.5, 0.6) is 0 Å². The quantitative estimate of drug-likeness (QED) is 0.676. The molecule has 3 rings (SSSR count). The Bertz CT molecular complexity index is 731. The van der Waals surface area contributed by atoms with Crippen LogP contribution in [-0.2, 0) is 26.2 Å². The molecule has 0 saturated carbocycles. The minimum atomic E-state index is 0.600. The maximum atomic E-state index is 5.70. The van der Waals surface area contributed by atoms with Crippen molar-refractivity contribution in [2.75, 3.05) is 0 Å². The van der Waals surface area contributed by atoms with E-state index >= 15 is 0 Å². The minimum absolute atomic E-state index is 0.600. The van der Waals surface area contributed by atoms with Gasteiger partial charge in [0, 0.05) is 31.1 Å². The van der Waals surface area contributed by atoms with Gasteiger partial charge in [-0.05, 0) is 35.1 Å². The van der Waals surface area contributed by atoms with Crippen molar-refractivity contribution in [1.82, 2.24) is 4.90 Å². The molecule has 2 nitrogen and oxygen atoms in total. The van der Waals surface area contributed by atoms with E-state index in [9.17, 15) is 0 Å². The van der Waals surface area contributed by atoms with Gasteiger partial charge >= 0.3 is 0 Å². The summed E-state index contributed by atoms with van der Waals surface area (Å²) in [5.41, 5.74) is 10.9. The van der Waals surface area contributed by atoms with E-state index in [1.54, 1.807) is 0 Å². The smallest absolute Gasteiger partial charge is 0.0335 e. The first-order valence-corrected chi connectivity index (χ1v) is 9.19. The fourth-order valence-corrected chi connectivity index (χ4v) is 3.53. The normalized spacial score (nSPS) is 11.1. The van der Waals surface area contributed by atoms with Crippen molar-refractivity contribution in [2.45, 2.75) is 33.1 Å². The average molecular weight is 337 g/mol. The first-order valence-electron chi connectivity index (χ1n) is 8.31. The van der Waals surface area contributed by atoms with Crippen LogP contribution in [0.4, 0.5) is 0 Å². The fourth-order valence-electron chi connectivity index (χ4n) is 2.78. The maximum absolute atomic E-state index is 5.70. The highest BCUT2D eigenvalue weighted by Crippen LogP contribution is 2.18. The second-order valence-electron chi connectivity index (χ2n) is 6.23. The molecule has 0 aliphatic rings. The van der Waals surface area contributed by atoms with E-state index in [2.05, 4.69) is 77.9 Å². The van der Waals surface area contributed by atoms with Gasteiger partial charge in [-0.3, -0.25) is 4.90 Å². The third kappa shape index (κ3) is 4.78. The van der Waals surface area contributed by atoms with E-state index in [4.69, 9.17) is 5.73 Å². The van der Waals surface area contributed by atoms with Crippen LogP contribution >= 0.6 is 11.3 Å². The molecule has 0 unspecified atom stereocenters. The predicted molar refractivity (Wildman–Crippen MR) is 103 cm³/mol. The Hall–Kier alpha value is -1.94. The number of nitrogens with zero attached hydrogens (tertiary/aromatic N) is 1. The summed E-state index contributed by atoms with van der Waals surface area (Å²) in [7, 11) is 0. The van der Waals surface area contributed by atoms with Crippen LogP contribution in [-0.4, -0.2) is 4.90 Å². The highest BCUT2D eigenvalue weighted by Gasteiger charge is 2.09. The molecule has 0 radical (unpaired) electrons. The SMILES string of the molecule is Cc1ccc(CN(Cc2ccc(CN)cc2)Cc2cccs2)cc1. The Morgan fingerprint density at radius 1 is 0.792 bits per heavy atom.